The van der Waals surface area contributed by atoms with E-state index in [9.17, 15) is 0 Å². The van der Waals surface area contributed by atoms with Crippen LogP contribution in [0.5, 0.6) is 5.75 Å². The summed E-state index contributed by atoms with van der Waals surface area (Å²) in [5.74, 6) is 0.626. The molecule has 0 radical (unpaired) electrons. The highest BCUT2D eigenvalue weighted by molar-refractivity contribution is 14.1. The van der Waals surface area contributed by atoms with Crippen molar-refractivity contribution in [3.05, 3.63) is 32.2 Å². The lowest BCUT2D eigenvalue weighted by Gasteiger charge is -2.05. The second kappa shape index (κ2) is 4.94. The molecule has 0 aliphatic rings. The summed E-state index contributed by atoms with van der Waals surface area (Å²) < 4.78 is 6.29. The molecular weight excluding hydrogens is 281 g/mol. The predicted molar refractivity (Wildman–Crippen MR) is 59.1 cm³/mol. The first kappa shape index (κ1) is 10.1. The van der Waals surface area contributed by atoms with Crippen LogP contribution < -0.4 is 4.74 Å². The zero-order valence-electron chi connectivity index (χ0n) is 7.07. The molecule has 0 bridgehead atoms. The van der Waals surface area contributed by atoms with E-state index in [4.69, 9.17) is 10.3 Å². The lowest BCUT2D eigenvalue weighted by molar-refractivity contribution is 0.341. The van der Waals surface area contributed by atoms with E-state index in [1.165, 1.54) is 0 Å². The highest BCUT2D eigenvalue weighted by Gasteiger charge is 2.00. The summed E-state index contributed by atoms with van der Waals surface area (Å²) in [7, 11) is 0. The summed E-state index contributed by atoms with van der Waals surface area (Å²) in [6.07, 6.45) is 0. The van der Waals surface area contributed by atoms with Crippen molar-refractivity contribution >= 4 is 28.3 Å². The van der Waals surface area contributed by atoms with E-state index in [0.717, 1.165) is 3.57 Å². The van der Waals surface area contributed by atoms with Crippen molar-refractivity contribution in [3.8, 4) is 5.75 Å². The molecule has 0 N–H and O–H groups in total. The van der Waals surface area contributed by atoms with Crippen LogP contribution in [0.1, 0.15) is 6.92 Å². The summed E-state index contributed by atoms with van der Waals surface area (Å²) in [4.78, 5) is 2.73. The standard InChI is InChI=1S/C8H8IN3O/c1-2-13-8-4-3-6(9)5-7(8)11-12-10/h3-5H,2H2,1H3. The van der Waals surface area contributed by atoms with Gasteiger partial charge in [0.05, 0.1) is 12.3 Å². The van der Waals surface area contributed by atoms with E-state index >= 15 is 0 Å². The van der Waals surface area contributed by atoms with Crippen LogP contribution in [0.4, 0.5) is 5.69 Å². The van der Waals surface area contributed by atoms with E-state index in [0.29, 0.717) is 18.0 Å². The van der Waals surface area contributed by atoms with Gasteiger partial charge in [-0.25, -0.2) is 0 Å². The summed E-state index contributed by atoms with van der Waals surface area (Å²) in [6.45, 7) is 2.45. The van der Waals surface area contributed by atoms with E-state index < -0.39 is 0 Å². The van der Waals surface area contributed by atoms with Crippen LogP contribution in [-0.4, -0.2) is 6.61 Å². The van der Waals surface area contributed by atoms with Crippen LogP contribution in [0.25, 0.3) is 10.4 Å². The zero-order chi connectivity index (χ0) is 9.68. The Kier molecular flexibility index (Phi) is 3.85. The molecule has 4 nitrogen and oxygen atoms in total. The number of hydrogen-bond acceptors (Lipinski definition) is 2. The van der Waals surface area contributed by atoms with Gasteiger partial charge < -0.3 is 4.74 Å². The van der Waals surface area contributed by atoms with Crippen molar-refractivity contribution in [1.82, 2.24) is 0 Å². The first-order chi connectivity index (χ1) is 6.27. The monoisotopic (exact) mass is 289 g/mol. The second-order valence-corrected chi connectivity index (χ2v) is 3.48. The SMILES string of the molecule is CCOc1ccc(I)cc1N=[N+]=[N-]. The van der Waals surface area contributed by atoms with Gasteiger partial charge in [-0.3, -0.25) is 0 Å². The second-order valence-electron chi connectivity index (χ2n) is 2.23. The number of nitrogens with zero attached hydrogens (tertiary/aromatic N) is 3. The van der Waals surface area contributed by atoms with Crippen LogP contribution in [0, 0.1) is 3.57 Å². The van der Waals surface area contributed by atoms with Gasteiger partial charge in [-0.05, 0) is 53.2 Å². The molecule has 0 heterocycles. The van der Waals surface area contributed by atoms with Crippen molar-refractivity contribution < 1.29 is 4.74 Å². The Morgan fingerprint density at radius 3 is 3.00 bits per heavy atom. The Labute approximate surface area is 89.7 Å². The van der Waals surface area contributed by atoms with E-state index in [1.54, 1.807) is 12.1 Å². The summed E-state index contributed by atoms with van der Waals surface area (Å²) in [6, 6.07) is 5.49. The molecule has 13 heavy (non-hydrogen) atoms. The smallest absolute Gasteiger partial charge is 0.128 e. The Balaban J connectivity index is 3.10. The molecule has 0 atom stereocenters. The van der Waals surface area contributed by atoms with Gasteiger partial charge >= 0.3 is 0 Å². The first-order valence-corrected chi connectivity index (χ1v) is 4.83. The molecule has 1 rings (SSSR count). The van der Waals surface area contributed by atoms with E-state index in [1.807, 2.05) is 13.0 Å². The Morgan fingerprint density at radius 2 is 2.38 bits per heavy atom. The minimum Gasteiger partial charge on any atom is -0.493 e. The molecule has 0 saturated heterocycles. The van der Waals surface area contributed by atoms with Crippen molar-refractivity contribution in [1.29, 1.82) is 0 Å². The number of ether oxygens (including phenoxy) is 1. The molecule has 0 amide bonds. The van der Waals surface area contributed by atoms with Crippen molar-refractivity contribution in [3.63, 3.8) is 0 Å². The Hall–Kier alpha value is -0.940. The van der Waals surface area contributed by atoms with Gasteiger partial charge in [-0.15, -0.1) is 0 Å². The average molecular weight is 289 g/mol. The summed E-state index contributed by atoms with van der Waals surface area (Å²) in [5, 5.41) is 3.54. The summed E-state index contributed by atoms with van der Waals surface area (Å²) >= 11 is 2.15. The van der Waals surface area contributed by atoms with Gasteiger partial charge in [-0.2, -0.15) is 0 Å². The highest BCUT2D eigenvalue weighted by atomic mass is 127. The van der Waals surface area contributed by atoms with Gasteiger partial charge in [0.25, 0.3) is 0 Å². The fourth-order valence-electron chi connectivity index (χ4n) is 0.894. The lowest BCUT2D eigenvalue weighted by atomic mass is 10.3. The molecule has 1 aromatic carbocycles. The minimum absolute atomic E-state index is 0.538. The maximum atomic E-state index is 8.30. The largest absolute Gasteiger partial charge is 0.493 e. The molecule has 0 aliphatic carbocycles. The van der Waals surface area contributed by atoms with Gasteiger partial charge in [0.15, 0.2) is 0 Å². The van der Waals surface area contributed by atoms with Crippen LogP contribution in [0.15, 0.2) is 23.3 Å². The number of benzene rings is 1. The van der Waals surface area contributed by atoms with Crippen LogP contribution in [0.3, 0.4) is 0 Å². The predicted octanol–water partition coefficient (Wildman–Crippen LogP) is 3.63. The summed E-state index contributed by atoms with van der Waals surface area (Å²) in [5.41, 5.74) is 8.84. The first-order valence-electron chi connectivity index (χ1n) is 3.75. The van der Waals surface area contributed by atoms with Crippen LogP contribution in [0.2, 0.25) is 0 Å². The topological polar surface area (TPSA) is 58.0 Å². The minimum atomic E-state index is 0.538. The third-order valence-corrected chi connectivity index (χ3v) is 2.04. The normalized spacial score (nSPS) is 9.08. The molecule has 0 saturated carbocycles. The molecule has 1 aromatic rings. The number of rotatable bonds is 3. The third kappa shape index (κ3) is 2.78. The van der Waals surface area contributed by atoms with Crippen molar-refractivity contribution in [2.24, 2.45) is 5.11 Å². The molecule has 68 valence electrons. The third-order valence-electron chi connectivity index (χ3n) is 1.37. The zero-order valence-corrected chi connectivity index (χ0v) is 9.22. The van der Waals surface area contributed by atoms with Crippen LogP contribution in [-0.2, 0) is 0 Å². The van der Waals surface area contributed by atoms with Gasteiger partial charge in [0.2, 0.25) is 0 Å². The van der Waals surface area contributed by atoms with Crippen molar-refractivity contribution in [2.45, 2.75) is 6.92 Å². The van der Waals surface area contributed by atoms with Gasteiger partial charge in [-0.1, -0.05) is 5.11 Å². The van der Waals surface area contributed by atoms with E-state index in [-0.39, 0.29) is 0 Å². The molecule has 5 heteroatoms. The van der Waals surface area contributed by atoms with E-state index in [2.05, 4.69) is 32.6 Å². The fourth-order valence-corrected chi connectivity index (χ4v) is 1.37. The Bertz CT molecular complexity index is 347. The number of halogens is 1. The van der Waals surface area contributed by atoms with Crippen molar-refractivity contribution in [2.75, 3.05) is 6.61 Å². The number of azide groups is 1. The molecule has 0 fully saturated rings. The van der Waals surface area contributed by atoms with Gasteiger partial charge in [0.1, 0.15) is 5.75 Å². The van der Waals surface area contributed by atoms with Crippen LogP contribution >= 0.6 is 22.6 Å². The molecule has 0 spiro atoms. The highest BCUT2D eigenvalue weighted by Crippen LogP contribution is 2.29. The maximum absolute atomic E-state index is 8.30. The fraction of sp³-hybridized carbons (Fsp3) is 0.250. The van der Waals surface area contributed by atoms with Gasteiger partial charge in [0, 0.05) is 8.48 Å². The lowest BCUT2D eigenvalue weighted by Crippen LogP contribution is -1.91. The average Bonchev–Trinajstić information content (AvgIpc) is 2.10. The molecular formula is C8H8IN3O. The molecule has 0 aromatic heterocycles. The Morgan fingerprint density at radius 1 is 1.62 bits per heavy atom. The molecule has 0 aliphatic heterocycles. The quantitative estimate of drug-likeness (QED) is 0.363. The molecule has 0 unspecified atom stereocenters. The maximum Gasteiger partial charge on any atom is 0.128 e. The number of hydrogen-bond donors (Lipinski definition) is 0.